The molecule has 1 atom stereocenters. The summed E-state index contributed by atoms with van der Waals surface area (Å²) in [7, 11) is 0. The van der Waals surface area contributed by atoms with Crippen LogP contribution in [0.25, 0.3) is 0 Å². The highest BCUT2D eigenvalue weighted by Crippen LogP contribution is 2.26. The van der Waals surface area contributed by atoms with Crippen LogP contribution in [0.5, 0.6) is 0 Å². The Labute approximate surface area is 133 Å². The lowest BCUT2D eigenvalue weighted by molar-refractivity contribution is 0.422. The van der Waals surface area contributed by atoms with Crippen molar-refractivity contribution in [2.45, 2.75) is 52.0 Å². The van der Waals surface area contributed by atoms with Gasteiger partial charge in [0, 0.05) is 22.9 Å². The molecule has 0 radical (unpaired) electrons. The van der Waals surface area contributed by atoms with Gasteiger partial charge < -0.3 is 5.32 Å². The first kappa shape index (κ1) is 16.3. The monoisotopic (exact) mass is 301 g/mol. The molecule has 1 nitrogen and oxygen atoms in total. The molecule has 114 valence electrons. The first-order valence-corrected chi connectivity index (χ1v) is 8.68. The van der Waals surface area contributed by atoms with Crippen LogP contribution in [0.15, 0.2) is 41.8 Å². The minimum atomic E-state index is 0.214. The number of benzene rings is 1. The van der Waals surface area contributed by atoms with Crippen molar-refractivity contribution in [3.05, 3.63) is 57.8 Å². The Morgan fingerprint density at radius 1 is 1.19 bits per heavy atom. The molecule has 0 amide bonds. The summed E-state index contributed by atoms with van der Waals surface area (Å²) in [6.07, 6.45) is 2.33. The Kier molecular flexibility index (Phi) is 5.60. The van der Waals surface area contributed by atoms with E-state index in [0.717, 1.165) is 13.0 Å². The van der Waals surface area contributed by atoms with Gasteiger partial charge in [-0.05, 0) is 43.7 Å². The summed E-state index contributed by atoms with van der Waals surface area (Å²) in [4.78, 5) is 1.46. The van der Waals surface area contributed by atoms with Crippen molar-refractivity contribution in [3.63, 3.8) is 0 Å². The van der Waals surface area contributed by atoms with Crippen LogP contribution >= 0.6 is 11.3 Å². The van der Waals surface area contributed by atoms with E-state index in [1.54, 1.807) is 0 Å². The predicted octanol–water partition coefficient (Wildman–Crippen LogP) is 4.95. The zero-order valence-electron chi connectivity index (χ0n) is 13.6. The van der Waals surface area contributed by atoms with E-state index < -0.39 is 0 Å². The molecule has 0 bridgehead atoms. The van der Waals surface area contributed by atoms with Gasteiger partial charge in [0.25, 0.3) is 0 Å². The van der Waals surface area contributed by atoms with E-state index in [9.17, 15) is 0 Å². The maximum atomic E-state index is 3.70. The van der Waals surface area contributed by atoms with Gasteiger partial charge in [0.2, 0.25) is 0 Å². The molecule has 0 aliphatic carbocycles. The number of aryl methyl sites for hydroxylation is 2. The number of nitrogens with one attached hydrogen (secondary N) is 1. The molecule has 1 aromatic carbocycles. The normalized spacial score (nSPS) is 13.3. The molecule has 0 spiro atoms. The van der Waals surface area contributed by atoms with Gasteiger partial charge in [0.05, 0.1) is 0 Å². The Morgan fingerprint density at radius 2 is 2.00 bits per heavy atom. The molecule has 2 rings (SSSR count). The maximum Gasteiger partial charge on any atom is 0.0115 e. The second-order valence-corrected chi connectivity index (χ2v) is 7.62. The largest absolute Gasteiger partial charge is 0.313 e. The lowest BCUT2D eigenvalue weighted by Gasteiger charge is -2.26. The molecule has 1 N–H and O–H groups in total. The first-order valence-electron chi connectivity index (χ1n) is 7.80. The first-order chi connectivity index (χ1) is 9.97. The van der Waals surface area contributed by atoms with E-state index in [1.807, 2.05) is 11.3 Å². The van der Waals surface area contributed by atoms with E-state index in [2.05, 4.69) is 74.8 Å². The number of hydrogen-bond acceptors (Lipinski definition) is 2. The van der Waals surface area contributed by atoms with Crippen LogP contribution in [0.4, 0.5) is 0 Å². The molecule has 21 heavy (non-hydrogen) atoms. The SMILES string of the molecule is Cc1cccc(CCC(C)NCC(C)(C)c2cccs2)c1. The van der Waals surface area contributed by atoms with Crippen molar-refractivity contribution >= 4 is 11.3 Å². The third kappa shape index (κ3) is 4.98. The average Bonchev–Trinajstić information content (AvgIpc) is 2.98. The quantitative estimate of drug-likeness (QED) is 0.763. The number of rotatable bonds is 7. The highest BCUT2D eigenvalue weighted by Gasteiger charge is 2.21. The molecule has 0 aliphatic heterocycles. The van der Waals surface area contributed by atoms with Crippen LogP contribution in [0.3, 0.4) is 0 Å². The van der Waals surface area contributed by atoms with E-state index in [-0.39, 0.29) is 5.41 Å². The topological polar surface area (TPSA) is 12.0 Å². The van der Waals surface area contributed by atoms with E-state index in [1.165, 1.54) is 22.4 Å². The maximum absolute atomic E-state index is 3.70. The summed E-state index contributed by atoms with van der Waals surface area (Å²) < 4.78 is 0. The van der Waals surface area contributed by atoms with Gasteiger partial charge in [0.15, 0.2) is 0 Å². The van der Waals surface area contributed by atoms with Gasteiger partial charge in [-0.3, -0.25) is 0 Å². The zero-order valence-corrected chi connectivity index (χ0v) is 14.5. The Morgan fingerprint density at radius 3 is 2.67 bits per heavy atom. The fourth-order valence-electron chi connectivity index (χ4n) is 2.53. The minimum Gasteiger partial charge on any atom is -0.313 e. The summed E-state index contributed by atoms with van der Waals surface area (Å²) >= 11 is 1.85. The average molecular weight is 301 g/mol. The van der Waals surface area contributed by atoms with Crippen molar-refractivity contribution in [2.75, 3.05) is 6.54 Å². The molecule has 1 unspecified atom stereocenters. The highest BCUT2D eigenvalue weighted by molar-refractivity contribution is 7.10. The smallest absolute Gasteiger partial charge is 0.0115 e. The van der Waals surface area contributed by atoms with Crippen LogP contribution in [-0.4, -0.2) is 12.6 Å². The molecule has 0 saturated carbocycles. The van der Waals surface area contributed by atoms with Gasteiger partial charge in [-0.15, -0.1) is 11.3 Å². The van der Waals surface area contributed by atoms with E-state index in [0.29, 0.717) is 6.04 Å². The third-order valence-electron chi connectivity index (χ3n) is 4.03. The minimum absolute atomic E-state index is 0.214. The second kappa shape index (κ2) is 7.24. The van der Waals surface area contributed by atoms with E-state index >= 15 is 0 Å². The summed E-state index contributed by atoms with van der Waals surface area (Å²) in [5.41, 5.74) is 3.01. The molecular weight excluding hydrogens is 274 g/mol. The summed E-state index contributed by atoms with van der Waals surface area (Å²) in [6.45, 7) is 10.1. The van der Waals surface area contributed by atoms with Gasteiger partial charge >= 0.3 is 0 Å². The summed E-state index contributed by atoms with van der Waals surface area (Å²) in [5, 5.41) is 5.87. The molecule has 0 aliphatic rings. The van der Waals surface area contributed by atoms with Gasteiger partial charge in [0.1, 0.15) is 0 Å². The van der Waals surface area contributed by atoms with Crippen molar-refractivity contribution in [1.29, 1.82) is 0 Å². The summed E-state index contributed by atoms with van der Waals surface area (Å²) in [6, 6.07) is 13.8. The highest BCUT2D eigenvalue weighted by atomic mass is 32.1. The molecule has 1 aromatic heterocycles. The standard InChI is InChI=1S/C19H27NS/c1-15-7-5-8-17(13-15)11-10-16(2)20-14-19(3,4)18-9-6-12-21-18/h5-9,12-13,16,20H,10-11,14H2,1-4H3. The van der Waals surface area contributed by atoms with Crippen LogP contribution in [0.1, 0.15) is 43.2 Å². The molecule has 0 saturated heterocycles. The number of hydrogen-bond donors (Lipinski definition) is 1. The van der Waals surface area contributed by atoms with Crippen LogP contribution in [0, 0.1) is 6.92 Å². The lowest BCUT2D eigenvalue weighted by Crippen LogP contribution is -2.37. The fraction of sp³-hybridized carbons (Fsp3) is 0.474. The van der Waals surface area contributed by atoms with E-state index in [4.69, 9.17) is 0 Å². The van der Waals surface area contributed by atoms with Crippen LogP contribution in [0.2, 0.25) is 0 Å². The van der Waals surface area contributed by atoms with Crippen LogP contribution < -0.4 is 5.32 Å². The molecular formula is C19H27NS. The lowest BCUT2D eigenvalue weighted by atomic mass is 9.91. The van der Waals surface area contributed by atoms with Gasteiger partial charge in [-0.2, -0.15) is 0 Å². The molecule has 2 aromatic rings. The van der Waals surface area contributed by atoms with Crippen LogP contribution in [-0.2, 0) is 11.8 Å². The molecule has 2 heteroatoms. The van der Waals surface area contributed by atoms with Crippen molar-refractivity contribution in [2.24, 2.45) is 0 Å². The molecule has 0 fully saturated rings. The van der Waals surface area contributed by atoms with Crippen molar-refractivity contribution < 1.29 is 0 Å². The van der Waals surface area contributed by atoms with Gasteiger partial charge in [-0.1, -0.05) is 49.7 Å². The van der Waals surface area contributed by atoms with Crippen molar-refractivity contribution in [1.82, 2.24) is 5.32 Å². The molecule has 1 heterocycles. The summed E-state index contributed by atoms with van der Waals surface area (Å²) in [5.74, 6) is 0. The zero-order chi connectivity index (χ0) is 15.3. The Bertz CT molecular complexity index is 542. The third-order valence-corrected chi connectivity index (χ3v) is 5.27. The number of thiophene rings is 1. The Balaban J connectivity index is 1.78. The predicted molar refractivity (Wildman–Crippen MR) is 94.3 cm³/mol. The van der Waals surface area contributed by atoms with Crippen molar-refractivity contribution in [3.8, 4) is 0 Å². The van der Waals surface area contributed by atoms with Gasteiger partial charge in [-0.25, -0.2) is 0 Å². The Hall–Kier alpha value is -1.12. The fourth-order valence-corrected chi connectivity index (χ4v) is 3.39. The second-order valence-electron chi connectivity index (χ2n) is 6.67.